The third-order valence-corrected chi connectivity index (χ3v) is 2.38. The quantitative estimate of drug-likeness (QED) is 0.687. The zero-order valence-corrected chi connectivity index (χ0v) is 7.89. The van der Waals surface area contributed by atoms with E-state index in [1.807, 2.05) is 7.05 Å². The Balaban J connectivity index is 2.23. The summed E-state index contributed by atoms with van der Waals surface area (Å²) in [5.41, 5.74) is 3.75. The summed E-state index contributed by atoms with van der Waals surface area (Å²) in [7, 11) is 1.94. The lowest BCUT2D eigenvalue weighted by Crippen LogP contribution is -2.08. The first kappa shape index (κ1) is 8.72. The number of nitrogens with zero attached hydrogens (tertiary/aromatic N) is 1. The fraction of sp³-hybridized carbons (Fsp3) is 0.667. The Kier molecular flexibility index (Phi) is 2.61. The van der Waals surface area contributed by atoms with Gasteiger partial charge in [-0.3, -0.25) is 5.10 Å². The van der Waals surface area contributed by atoms with Crippen LogP contribution in [0.3, 0.4) is 0 Å². The largest absolute Gasteiger partial charge is 0.381 e. The van der Waals surface area contributed by atoms with Gasteiger partial charge in [0.15, 0.2) is 0 Å². The lowest BCUT2D eigenvalue weighted by atomic mass is 10.1. The summed E-state index contributed by atoms with van der Waals surface area (Å²) >= 11 is 0. The number of hydrogen-bond donors (Lipinski definition) is 2. The lowest BCUT2D eigenvalue weighted by Gasteiger charge is -1.99. The number of H-pyrrole nitrogens is 1. The fourth-order valence-electron chi connectivity index (χ4n) is 1.71. The molecule has 1 aromatic heterocycles. The van der Waals surface area contributed by atoms with Gasteiger partial charge < -0.3 is 10.1 Å². The highest BCUT2D eigenvalue weighted by Crippen LogP contribution is 2.15. The predicted molar refractivity (Wildman–Crippen MR) is 49.6 cm³/mol. The Morgan fingerprint density at radius 1 is 1.46 bits per heavy atom. The number of rotatable bonds is 2. The molecule has 4 nitrogen and oxygen atoms in total. The van der Waals surface area contributed by atoms with Crippen LogP contribution in [0.5, 0.6) is 0 Å². The minimum Gasteiger partial charge on any atom is -0.381 e. The van der Waals surface area contributed by atoms with Gasteiger partial charge >= 0.3 is 0 Å². The molecule has 0 fully saturated rings. The molecular weight excluding hydrogens is 166 g/mol. The van der Waals surface area contributed by atoms with Crippen molar-refractivity contribution in [2.75, 3.05) is 20.3 Å². The average Bonchev–Trinajstić information content (AvgIpc) is 2.38. The fourth-order valence-corrected chi connectivity index (χ4v) is 1.71. The summed E-state index contributed by atoms with van der Waals surface area (Å²) in [5.74, 6) is 0. The third-order valence-electron chi connectivity index (χ3n) is 2.38. The molecule has 2 N–H and O–H groups in total. The number of ether oxygens (including phenoxy) is 1. The molecule has 1 aliphatic heterocycles. The summed E-state index contributed by atoms with van der Waals surface area (Å²) < 4.78 is 5.40. The molecule has 0 bridgehead atoms. The van der Waals surface area contributed by atoms with E-state index in [2.05, 4.69) is 15.5 Å². The van der Waals surface area contributed by atoms with Crippen LogP contribution >= 0.6 is 0 Å². The van der Waals surface area contributed by atoms with Gasteiger partial charge in [-0.05, 0) is 19.0 Å². The Morgan fingerprint density at radius 3 is 3.15 bits per heavy atom. The minimum absolute atomic E-state index is 0.814. The number of hydrogen-bond acceptors (Lipinski definition) is 3. The zero-order valence-electron chi connectivity index (χ0n) is 7.89. The number of aromatic nitrogens is 2. The molecular formula is C9H15N3O. The molecule has 1 aliphatic rings. The highest BCUT2D eigenvalue weighted by atomic mass is 16.5. The first-order chi connectivity index (χ1) is 6.42. The van der Waals surface area contributed by atoms with E-state index in [0.717, 1.165) is 38.3 Å². The molecule has 2 rings (SSSR count). The average molecular weight is 181 g/mol. The minimum atomic E-state index is 0.814. The molecule has 13 heavy (non-hydrogen) atoms. The molecule has 2 heterocycles. The van der Waals surface area contributed by atoms with Crippen molar-refractivity contribution in [1.82, 2.24) is 15.5 Å². The van der Waals surface area contributed by atoms with Crippen LogP contribution in [0.15, 0.2) is 0 Å². The van der Waals surface area contributed by atoms with Crippen molar-refractivity contribution in [3.05, 3.63) is 17.0 Å². The summed E-state index contributed by atoms with van der Waals surface area (Å²) in [6, 6.07) is 0. The third kappa shape index (κ3) is 1.73. The van der Waals surface area contributed by atoms with Crippen molar-refractivity contribution in [2.24, 2.45) is 0 Å². The second-order valence-corrected chi connectivity index (χ2v) is 3.27. The topological polar surface area (TPSA) is 49.9 Å². The molecule has 0 saturated heterocycles. The normalized spacial score (nSPS) is 16.7. The monoisotopic (exact) mass is 181 g/mol. The summed E-state index contributed by atoms with van der Waals surface area (Å²) in [6.07, 6.45) is 1.95. The molecule has 0 unspecified atom stereocenters. The molecule has 0 spiro atoms. The van der Waals surface area contributed by atoms with E-state index in [1.165, 1.54) is 11.3 Å². The molecule has 1 aromatic rings. The molecule has 0 aromatic carbocycles. The van der Waals surface area contributed by atoms with E-state index >= 15 is 0 Å². The van der Waals surface area contributed by atoms with Crippen molar-refractivity contribution < 1.29 is 4.74 Å². The summed E-state index contributed by atoms with van der Waals surface area (Å²) in [4.78, 5) is 0. The predicted octanol–water partition coefficient (Wildman–Crippen LogP) is 0.244. The SMILES string of the molecule is CNCc1n[nH]c2c1CCOCC2. The summed E-state index contributed by atoms with van der Waals surface area (Å²) in [6.45, 7) is 2.48. The van der Waals surface area contributed by atoms with E-state index < -0.39 is 0 Å². The van der Waals surface area contributed by atoms with E-state index in [0.29, 0.717) is 0 Å². The second kappa shape index (κ2) is 3.89. The van der Waals surface area contributed by atoms with E-state index in [1.54, 1.807) is 0 Å². The van der Waals surface area contributed by atoms with Crippen molar-refractivity contribution in [3.63, 3.8) is 0 Å². The summed E-state index contributed by atoms with van der Waals surface area (Å²) in [5, 5.41) is 10.5. The maximum absolute atomic E-state index is 5.40. The van der Waals surface area contributed by atoms with Crippen LogP contribution < -0.4 is 5.32 Å². The highest BCUT2D eigenvalue weighted by molar-refractivity contribution is 5.26. The maximum atomic E-state index is 5.40. The smallest absolute Gasteiger partial charge is 0.0795 e. The molecule has 0 radical (unpaired) electrons. The number of aromatic amines is 1. The van der Waals surface area contributed by atoms with Gasteiger partial charge in [0.05, 0.1) is 18.9 Å². The van der Waals surface area contributed by atoms with Crippen LogP contribution in [0.2, 0.25) is 0 Å². The highest BCUT2D eigenvalue weighted by Gasteiger charge is 2.14. The zero-order chi connectivity index (χ0) is 9.10. The molecule has 0 aliphatic carbocycles. The Hall–Kier alpha value is -0.870. The second-order valence-electron chi connectivity index (χ2n) is 3.27. The van der Waals surface area contributed by atoms with Gasteiger partial charge in [0.25, 0.3) is 0 Å². The number of nitrogens with one attached hydrogen (secondary N) is 2. The van der Waals surface area contributed by atoms with Gasteiger partial charge in [-0.25, -0.2) is 0 Å². The molecule has 0 amide bonds. The Labute approximate surface area is 77.7 Å². The van der Waals surface area contributed by atoms with E-state index in [-0.39, 0.29) is 0 Å². The van der Waals surface area contributed by atoms with Crippen LogP contribution in [0.1, 0.15) is 17.0 Å². The maximum Gasteiger partial charge on any atom is 0.0795 e. The van der Waals surface area contributed by atoms with Crippen LogP contribution in [-0.4, -0.2) is 30.5 Å². The van der Waals surface area contributed by atoms with Gasteiger partial charge in [0, 0.05) is 18.7 Å². The standard InChI is InChI=1S/C9H15N3O/c1-10-6-9-7-2-4-13-5-3-8(7)11-12-9/h10H,2-6H2,1H3,(H,11,12). The Morgan fingerprint density at radius 2 is 2.31 bits per heavy atom. The molecule has 0 atom stereocenters. The van der Waals surface area contributed by atoms with Crippen molar-refractivity contribution in [3.8, 4) is 0 Å². The van der Waals surface area contributed by atoms with Crippen LogP contribution in [0.25, 0.3) is 0 Å². The van der Waals surface area contributed by atoms with Gasteiger partial charge in [-0.2, -0.15) is 5.10 Å². The van der Waals surface area contributed by atoms with Crippen LogP contribution in [0.4, 0.5) is 0 Å². The van der Waals surface area contributed by atoms with Gasteiger partial charge in [-0.15, -0.1) is 0 Å². The lowest BCUT2D eigenvalue weighted by molar-refractivity contribution is 0.145. The first-order valence-electron chi connectivity index (χ1n) is 4.69. The Bertz CT molecular complexity index is 282. The van der Waals surface area contributed by atoms with E-state index in [4.69, 9.17) is 4.74 Å². The van der Waals surface area contributed by atoms with Crippen molar-refractivity contribution >= 4 is 0 Å². The van der Waals surface area contributed by atoms with Gasteiger partial charge in [-0.1, -0.05) is 0 Å². The number of fused-ring (bicyclic) bond motifs is 1. The van der Waals surface area contributed by atoms with E-state index in [9.17, 15) is 0 Å². The van der Waals surface area contributed by atoms with Crippen molar-refractivity contribution in [1.29, 1.82) is 0 Å². The first-order valence-corrected chi connectivity index (χ1v) is 4.69. The molecule has 0 saturated carbocycles. The van der Waals surface area contributed by atoms with Gasteiger partial charge in [0.1, 0.15) is 0 Å². The van der Waals surface area contributed by atoms with Crippen molar-refractivity contribution in [2.45, 2.75) is 19.4 Å². The van der Waals surface area contributed by atoms with Crippen LogP contribution in [-0.2, 0) is 24.1 Å². The molecule has 4 heteroatoms. The molecule has 72 valence electrons. The van der Waals surface area contributed by atoms with Crippen LogP contribution in [0, 0.1) is 0 Å². The van der Waals surface area contributed by atoms with Gasteiger partial charge in [0.2, 0.25) is 0 Å².